The van der Waals surface area contributed by atoms with E-state index in [1.54, 1.807) is 0 Å². The average Bonchev–Trinajstić information content (AvgIpc) is 2.73. The Morgan fingerprint density at radius 3 is 2.47 bits per heavy atom. The summed E-state index contributed by atoms with van der Waals surface area (Å²) in [6.07, 6.45) is 2.38. The van der Waals surface area contributed by atoms with Crippen LogP contribution in [0.15, 0.2) is 0 Å². The number of aromatic nitrogens is 2. The minimum Gasteiger partial charge on any atom is -0.388 e. The Kier molecular flexibility index (Phi) is 5.54. The summed E-state index contributed by atoms with van der Waals surface area (Å²) in [4.78, 5) is 11.8. The van der Waals surface area contributed by atoms with Crippen LogP contribution in [-0.2, 0) is 11.2 Å². The summed E-state index contributed by atoms with van der Waals surface area (Å²) in [5.74, 6) is -0.0275. The molecule has 1 rings (SSSR count). The Morgan fingerprint density at radius 1 is 1.37 bits per heavy atom. The first kappa shape index (κ1) is 15.7. The average molecular weight is 267 g/mol. The Morgan fingerprint density at radius 2 is 2.00 bits per heavy atom. The maximum atomic E-state index is 11.8. The van der Waals surface area contributed by atoms with Crippen LogP contribution in [0.2, 0.25) is 0 Å². The lowest BCUT2D eigenvalue weighted by Gasteiger charge is -2.25. The predicted molar refractivity (Wildman–Crippen MR) is 74.9 cm³/mol. The number of aromatic amines is 1. The highest BCUT2D eigenvalue weighted by atomic mass is 16.3. The second kappa shape index (κ2) is 6.70. The van der Waals surface area contributed by atoms with Crippen LogP contribution in [0.4, 0.5) is 0 Å². The van der Waals surface area contributed by atoms with E-state index in [0.29, 0.717) is 32.2 Å². The number of nitrogens with one attached hydrogen (secondary N) is 2. The molecule has 1 aromatic rings. The zero-order valence-corrected chi connectivity index (χ0v) is 12.3. The van der Waals surface area contributed by atoms with Gasteiger partial charge in [0.05, 0.1) is 11.3 Å². The van der Waals surface area contributed by atoms with Crippen molar-refractivity contribution in [1.29, 1.82) is 0 Å². The van der Waals surface area contributed by atoms with Crippen molar-refractivity contribution in [3.05, 3.63) is 17.0 Å². The van der Waals surface area contributed by atoms with E-state index in [4.69, 9.17) is 0 Å². The van der Waals surface area contributed by atoms with E-state index in [9.17, 15) is 9.90 Å². The van der Waals surface area contributed by atoms with Gasteiger partial charge < -0.3 is 10.4 Å². The van der Waals surface area contributed by atoms with Gasteiger partial charge in [0, 0.05) is 18.7 Å². The molecule has 5 heteroatoms. The smallest absolute Gasteiger partial charge is 0.220 e. The number of amides is 1. The molecule has 0 unspecified atom stereocenters. The van der Waals surface area contributed by atoms with E-state index in [-0.39, 0.29) is 5.91 Å². The van der Waals surface area contributed by atoms with E-state index in [1.807, 2.05) is 27.7 Å². The van der Waals surface area contributed by atoms with Gasteiger partial charge in [0.2, 0.25) is 5.91 Å². The van der Waals surface area contributed by atoms with Gasteiger partial charge in [0.1, 0.15) is 0 Å². The SMILES string of the molecule is CCC(O)(CC)CNC(=O)CCc1c(C)n[nH]c1C. The van der Waals surface area contributed by atoms with Gasteiger partial charge in [-0.1, -0.05) is 13.8 Å². The Balaban J connectivity index is 2.41. The molecule has 1 heterocycles. The summed E-state index contributed by atoms with van der Waals surface area (Å²) in [7, 11) is 0. The molecular formula is C14H25N3O2. The number of carbonyl (C=O) groups excluding carboxylic acids is 1. The highest BCUT2D eigenvalue weighted by molar-refractivity contribution is 5.76. The highest BCUT2D eigenvalue weighted by Crippen LogP contribution is 2.14. The first-order valence-electron chi connectivity index (χ1n) is 6.91. The third kappa shape index (κ3) is 4.35. The summed E-state index contributed by atoms with van der Waals surface area (Å²) in [5, 5.41) is 19.9. The molecule has 0 aliphatic rings. The number of carbonyl (C=O) groups is 1. The number of nitrogens with zero attached hydrogens (tertiary/aromatic N) is 1. The molecular weight excluding hydrogens is 242 g/mol. The molecule has 0 bridgehead atoms. The van der Waals surface area contributed by atoms with Crippen molar-refractivity contribution < 1.29 is 9.90 Å². The maximum Gasteiger partial charge on any atom is 0.220 e. The van der Waals surface area contributed by atoms with Gasteiger partial charge in [-0.05, 0) is 38.7 Å². The summed E-state index contributed by atoms with van der Waals surface area (Å²) in [5.41, 5.74) is 2.29. The maximum absolute atomic E-state index is 11.8. The molecule has 0 radical (unpaired) electrons. The number of rotatable bonds is 7. The molecule has 5 nitrogen and oxygen atoms in total. The normalized spacial score (nSPS) is 11.6. The molecule has 1 amide bonds. The summed E-state index contributed by atoms with van der Waals surface area (Å²) in [6.45, 7) is 8.06. The largest absolute Gasteiger partial charge is 0.388 e. The van der Waals surface area contributed by atoms with Crippen LogP contribution in [0.1, 0.15) is 50.1 Å². The molecule has 108 valence electrons. The lowest BCUT2D eigenvalue weighted by atomic mass is 9.97. The Hall–Kier alpha value is -1.36. The van der Waals surface area contributed by atoms with Crippen molar-refractivity contribution in [1.82, 2.24) is 15.5 Å². The minimum absolute atomic E-state index is 0.0275. The van der Waals surface area contributed by atoms with Gasteiger partial charge in [-0.2, -0.15) is 5.10 Å². The predicted octanol–water partition coefficient (Wildman–Crippen LogP) is 1.63. The third-order valence-electron chi connectivity index (χ3n) is 3.81. The number of H-pyrrole nitrogens is 1. The summed E-state index contributed by atoms with van der Waals surface area (Å²) < 4.78 is 0. The molecule has 0 saturated heterocycles. The van der Waals surface area contributed by atoms with Crippen LogP contribution >= 0.6 is 0 Å². The fourth-order valence-electron chi connectivity index (χ4n) is 2.03. The summed E-state index contributed by atoms with van der Waals surface area (Å²) >= 11 is 0. The van der Waals surface area contributed by atoms with Crippen molar-refractivity contribution in [2.75, 3.05) is 6.54 Å². The molecule has 1 aromatic heterocycles. The fraction of sp³-hybridized carbons (Fsp3) is 0.714. The van der Waals surface area contributed by atoms with Crippen molar-refractivity contribution in [2.45, 2.75) is 59.0 Å². The molecule has 0 aliphatic carbocycles. The zero-order chi connectivity index (χ0) is 14.5. The zero-order valence-electron chi connectivity index (χ0n) is 12.3. The number of aryl methyl sites for hydroxylation is 2. The molecule has 0 fully saturated rings. The molecule has 3 N–H and O–H groups in total. The van der Waals surface area contributed by atoms with Crippen LogP contribution in [0.5, 0.6) is 0 Å². The number of hydrogen-bond acceptors (Lipinski definition) is 3. The highest BCUT2D eigenvalue weighted by Gasteiger charge is 2.22. The van der Waals surface area contributed by atoms with Crippen LogP contribution in [0.25, 0.3) is 0 Å². The fourth-order valence-corrected chi connectivity index (χ4v) is 2.03. The number of hydrogen-bond donors (Lipinski definition) is 3. The molecule has 19 heavy (non-hydrogen) atoms. The standard InChI is InChI=1S/C14H25N3O2/c1-5-14(19,6-2)9-15-13(18)8-7-12-10(3)16-17-11(12)4/h19H,5-9H2,1-4H3,(H,15,18)(H,16,17). The molecule has 0 saturated carbocycles. The first-order chi connectivity index (χ1) is 8.91. The quantitative estimate of drug-likeness (QED) is 0.702. The van der Waals surface area contributed by atoms with E-state index in [2.05, 4.69) is 15.5 Å². The van der Waals surface area contributed by atoms with Gasteiger partial charge in [-0.15, -0.1) is 0 Å². The molecule has 0 spiro atoms. The van der Waals surface area contributed by atoms with Gasteiger partial charge in [-0.3, -0.25) is 9.89 Å². The van der Waals surface area contributed by atoms with Crippen LogP contribution in [0, 0.1) is 13.8 Å². The van der Waals surface area contributed by atoms with Crippen LogP contribution < -0.4 is 5.32 Å². The topological polar surface area (TPSA) is 78.0 Å². The number of aliphatic hydroxyl groups is 1. The van der Waals surface area contributed by atoms with Crippen molar-refractivity contribution in [3.63, 3.8) is 0 Å². The van der Waals surface area contributed by atoms with E-state index in [1.165, 1.54) is 0 Å². The minimum atomic E-state index is -0.781. The Labute approximate surface area is 114 Å². The van der Waals surface area contributed by atoms with Crippen LogP contribution in [0.3, 0.4) is 0 Å². The monoisotopic (exact) mass is 267 g/mol. The first-order valence-corrected chi connectivity index (χ1v) is 6.91. The van der Waals surface area contributed by atoms with E-state index < -0.39 is 5.60 Å². The van der Waals surface area contributed by atoms with Crippen molar-refractivity contribution >= 4 is 5.91 Å². The summed E-state index contributed by atoms with van der Waals surface area (Å²) in [6, 6.07) is 0. The Bertz CT molecular complexity index is 403. The lowest BCUT2D eigenvalue weighted by Crippen LogP contribution is -2.42. The van der Waals surface area contributed by atoms with Crippen molar-refractivity contribution in [2.24, 2.45) is 0 Å². The van der Waals surface area contributed by atoms with Crippen LogP contribution in [-0.4, -0.2) is 33.4 Å². The van der Waals surface area contributed by atoms with Gasteiger partial charge in [-0.25, -0.2) is 0 Å². The van der Waals surface area contributed by atoms with E-state index >= 15 is 0 Å². The van der Waals surface area contributed by atoms with Gasteiger partial charge in [0.15, 0.2) is 0 Å². The van der Waals surface area contributed by atoms with E-state index in [0.717, 1.165) is 17.0 Å². The molecule has 0 atom stereocenters. The van der Waals surface area contributed by atoms with Gasteiger partial charge in [0.25, 0.3) is 0 Å². The third-order valence-corrected chi connectivity index (χ3v) is 3.81. The second-order valence-corrected chi connectivity index (χ2v) is 5.12. The molecule has 0 aromatic carbocycles. The van der Waals surface area contributed by atoms with Gasteiger partial charge >= 0.3 is 0 Å². The van der Waals surface area contributed by atoms with Crippen molar-refractivity contribution in [3.8, 4) is 0 Å². The lowest BCUT2D eigenvalue weighted by molar-refractivity contribution is -0.122. The second-order valence-electron chi connectivity index (χ2n) is 5.12. The molecule has 0 aliphatic heterocycles.